The maximum Gasteiger partial charge on any atom is 0.0463 e. The number of nitrogens with one attached hydrogen (secondary N) is 1. The molecule has 0 aliphatic rings. The third-order valence-electron chi connectivity index (χ3n) is 3.14. The van der Waals surface area contributed by atoms with E-state index in [4.69, 9.17) is 0 Å². The van der Waals surface area contributed by atoms with E-state index in [9.17, 15) is 0 Å². The Balaban J connectivity index is 1.96. The van der Waals surface area contributed by atoms with E-state index in [1.165, 1.54) is 11.1 Å². The van der Waals surface area contributed by atoms with Crippen LogP contribution in [0.5, 0.6) is 0 Å². The summed E-state index contributed by atoms with van der Waals surface area (Å²) in [5.41, 5.74) is 4.61. The summed E-state index contributed by atoms with van der Waals surface area (Å²) in [6.07, 6.45) is 0. The van der Waals surface area contributed by atoms with Gasteiger partial charge in [-0.3, -0.25) is 0 Å². The molecule has 3 rings (SSSR count). The average molecular weight is 324 g/mol. The molecule has 98 valence electrons. The van der Waals surface area contributed by atoms with E-state index < -0.39 is 0 Å². The Morgan fingerprint density at radius 3 is 2.05 bits per heavy atom. The topological polar surface area (TPSA) is 12.0 Å². The summed E-state index contributed by atoms with van der Waals surface area (Å²) in [7, 11) is 0. The van der Waals surface area contributed by atoms with Crippen molar-refractivity contribution in [2.24, 2.45) is 0 Å². The van der Waals surface area contributed by atoms with Crippen LogP contribution in [0.2, 0.25) is 0 Å². The van der Waals surface area contributed by atoms with Crippen molar-refractivity contribution in [2.45, 2.75) is 0 Å². The van der Waals surface area contributed by atoms with Gasteiger partial charge in [-0.05, 0) is 35.9 Å². The number of benzene rings is 3. The van der Waals surface area contributed by atoms with Crippen LogP contribution in [-0.2, 0) is 0 Å². The van der Waals surface area contributed by atoms with Gasteiger partial charge in [-0.25, -0.2) is 0 Å². The normalized spacial score (nSPS) is 10.2. The van der Waals surface area contributed by atoms with Crippen molar-refractivity contribution in [3.8, 4) is 11.1 Å². The van der Waals surface area contributed by atoms with Gasteiger partial charge in [0.15, 0.2) is 0 Å². The second-order valence-electron chi connectivity index (χ2n) is 4.54. The fourth-order valence-electron chi connectivity index (χ4n) is 2.15. The van der Waals surface area contributed by atoms with Crippen LogP contribution in [-0.4, -0.2) is 0 Å². The predicted molar refractivity (Wildman–Crippen MR) is 89.3 cm³/mol. The zero-order valence-corrected chi connectivity index (χ0v) is 12.5. The zero-order valence-electron chi connectivity index (χ0n) is 10.9. The molecule has 0 amide bonds. The third kappa shape index (κ3) is 2.91. The smallest absolute Gasteiger partial charge is 0.0463 e. The first-order chi connectivity index (χ1) is 9.83. The highest BCUT2D eigenvalue weighted by atomic mass is 79.9. The quantitative estimate of drug-likeness (QED) is 0.636. The van der Waals surface area contributed by atoms with Gasteiger partial charge in [-0.2, -0.15) is 0 Å². The second kappa shape index (κ2) is 5.93. The molecule has 0 atom stereocenters. The molecule has 0 radical (unpaired) electrons. The first kappa shape index (κ1) is 12.9. The van der Waals surface area contributed by atoms with Gasteiger partial charge in [-0.1, -0.05) is 64.5 Å². The van der Waals surface area contributed by atoms with Gasteiger partial charge in [0.25, 0.3) is 0 Å². The largest absolute Gasteiger partial charge is 0.355 e. The predicted octanol–water partition coefficient (Wildman–Crippen LogP) is 5.86. The van der Waals surface area contributed by atoms with Crippen molar-refractivity contribution in [1.29, 1.82) is 0 Å². The molecule has 2 heteroatoms. The van der Waals surface area contributed by atoms with Crippen molar-refractivity contribution < 1.29 is 0 Å². The highest BCUT2D eigenvalue weighted by Gasteiger charge is 2.04. The Kier molecular flexibility index (Phi) is 3.84. The summed E-state index contributed by atoms with van der Waals surface area (Å²) in [6, 6.07) is 27.0. The molecular formula is C18H14BrN. The molecule has 0 bridgehead atoms. The molecule has 0 saturated carbocycles. The third-order valence-corrected chi connectivity index (χ3v) is 3.66. The van der Waals surface area contributed by atoms with Gasteiger partial charge in [0.2, 0.25) is 0 Å². The molecule has 0 fully saturated rings. The lowest BCUT2D eigenvalue weighted by atomic mass is 10.0. The summed E-state index contributed by atoms with van der Waals surface area (Å²) in [5.74, 6) is 0. The molecule has 1 nitrogen and oxygen atoms in total. The van der Waals surface area contributed by atoms with Crippen LogP contribution in [0.25, 0.3) is 11.1 Å². The van der Waals surface area contributed by atoms with Crippen LogP contribution >= 0.6 is 15.9 Å². The van der Waals surface area contributed by atoms with Gasteiger partial charge < -0.3 is 5.32 Å². The van der Waals surface area contributed by atoms with Gasteiger partial charge in [0.1, 0.15) is 0 Å². The Labute approximate surface area is 127 Å². The molecule has 3 aromatic rings. The molecule has 1 N–H and O–H groups in total. The first-order valence-electron chi connectivity index (χ1n) is 6.50. The van der Waals surface area contributed by atoms with E-state index in [1.807, 2.05) is 24.3 Å². The van der Waals surface area contributed by atoms with Crippen molar-refractivity contribution in [3.63, 3.8) is 0 Å². The fourth-order valence-corrected chi connectivity index (χ4v) is 2.41. The Hall–Kier alpha value is -2.06. The van der Waals surface area contributed by atoms with Crippen molar-refractivity contribution in [2.75, 3.05) is 5.32 Å². The minimum absolute atomic E-state index is 1.08. The van der Waals surface area contributed by atoms with Crippen LogP contribution < -0.4 is 5.32 Å². The van der Waals surface area contributed by atoms with E-state index in [1.54, 1.807) is 0 Å². The number of hydrogen-bond acceptors (Lipinski definition) is 1. The van der Waals surface area contributed by atoms with Gasteiger partial charge in [0.05, 0.1) is 0 Å². The Bertz CT molecular complexity index is 690. The molecule has 0 aromatic heterocycles. The van der Waals surface area contributed by atoms with Gasteiger partial charge in [-0.15, -0.1) is 0 Å². The number of anilines is 2. The van der Waals surface area contributed by atoms with Gasteiger partial charge in [0, 0.05) is 21.4 Å². The van der Waals surface area contributed by atoms with Crippen LogP contribution in [0, 0.1) is 0 Å². The van der Waals surface area contributed by atoms with Crippen molar-refractivity contribution in [3.05, 3.63) is 83.3 Å². The fraction of sp³-hybridized carbons (Fsp3) is 0. The minimum atomic E-state index is 1.08. The molecule has 0 spiro atoms. The second-order valence-corrected chi connectivity index (χ2v) is 5.46. The monoisotopic (exact) mass is 323 g/mol. The van der Waals surface area contributed by atoms with E-state index in [0.29, 0.717) is 0 Å². The van der Waals surface area contributed by atoms with Gasteiger partial charge >= 0.3 is 0 Å². The van der Waals surface area contributed by atoms with Crippen molar-refractivity contribution in [1.82, 2.24) is 0 Å². The van der Waals surface area contributed by atoms with E-state index >= 15 is 0 Å². The van der Waals surface area contributed by atoms with Crippen LogP contribution in [0.1, 0.15) is 0 Å². The molecular weight excluding hydrogens is 310 g/mol. The zero-order chi connectivity index (χ0) is 13.8. The SMILES string of the molecule is Brc1ccc(Nc2ccccc2-c2ccccc2)cc1. The van der Waals surface area contributed by atoms with E-state index in [0.717, 1.165) is 15.8 Å². The highest BCUT2D eigenvalue weighted by molar-refractivity contribution is 9.10. The molecule has 20 heavy (non-hydrogen) atoms. The van der Waals surface area contributed by atoms with E-state index in [-0.39, 0.29) is 0 Å². The lowest BCUT2D eigenvalue weighted by Gasteiger charge is -2.12. The molecule has 0 aliphatic carbocycles. The standard InChI is InChI=1S/C18H14BrN/c19-15-10-12-16(13-11-15)20-18-9-5-4-8-17(18)14-6-2-1-3-7-14/h1-13,20H. The summed E-state index contributed by atoms with van der Waals surface area (Å²) >= 11 is 3.45. The lowest BCUT2D eigenvalue weighted by Crippen LogP contribution is -1.92. The minimum Gasteiger partial charge on any atom is -0.355 e. The number of rotatable bonds is 3. The first-order valence-corrected chi connectivity index (χ1v) is 7.29. The molecule has 0 saturated heterocycles. The number of hydrogen-bond donors (Lipinski definition) is 1. The summed E-state index contributed by atoms with van der Waals surface area (Å²) in [5, 5.41) is 3.48. The summed E-state index contributed by atoms with van der Waals surface area (Å²) in [4.78, 5) is 0. The average Bonchev–Trinajstić information content (AvgIpc) is 2.51. The maximum atomic E-state index is 3.48. The summed E-state index contributed by atoms with van der Waals surface area (Å²) in [6.45, 7) is 0. The summed E-state index contributed by atoms with van der Waals surface area (Å²) < 4.78 is 1.08. The van der Waals surface area contributed by atoms with E-state index in [2.05, 4.69) is 75.8 Å². The van der Waals surface area contributed by atoms with Crippen LogP contribution in [0.4, 0.5) is 11.4 Å². The number of halogens is 1. The maximum absolute atomic E-state index is 3.48. The Morgan fingerprint density at radius 1 is 0.650 bits per heavy atom. The van der Waals surface area contributed by atoms with Crippen LogP contribution in [0.3, 0.4) is 0 Å². The Morgan fingerprint density at radius 2 is 1.30 bits per heavy atom. The van der Waals surface area contributed by atoms with Crippen molar-refractivity contribution >= 4 is 27.3 Å². The molecule has 0 heterocycles. The number of para-hydroxylation sites is 1. The molecule has 0 unspecified atom stereocenters. The lowest BCUT2D eigenvalue weighted by molar-refractivity contribution is 1.52. The highest BCUT2D eigenvalue weighted by Crippen LogP contribution is 2.30. The molecule has 3 aromatic carbocycles. The van der Waals surface area contributed by atoms with Crippen LogP contribution in [0.15, 0.2) is 83.3 Å². The molecule has 0 aliphatic heterocycles.